The maximum atomic E-state index is 12.9. The molecule has 0 aromatic heterocycles. The van der Waals surface area contributed by atoms with Gasteiger partial charge in [0, 0.05) is 30.9 Å². The fraction of sp³-hybridized carbons (Fsp3) is 0.381. The normalized spacial score (nSPS) is 15.4. The van der Waals surface area contributed by atoms with Gasteiger partial charge in [0.15, 0.2) is 9.84 Å². The number of nitrogens with zero attached hydrogens (tertiary/aromatic N) is 1. The highest BCUT2D eigenvalue weighted by molar-refractivity contribution is 7.91. The third-order valence-electron chi connectivity index (χ3n) is 5.07. The molecule has 0 bridgehead atoms. The van der Waals surface area contributed by atoms with Crippen molar-refractivity contribution in [2.45, 2.75) is 31.1 Å². The molecular weight excluding hydrogens is 379 g/mol. The topological polar surface area (TPSA) is 66.5 Å². The van der Waals surface area contributed by atoms with Crippen LogP contribution in [0, 0.1) is 11.7 Å². The Labute approximate surface area is 165 Å². The molecule has 0 spiro atoms. The molecule has 1 saturated heterocycles. The van der Waals surface area contributed by atoms with Gasteiger partial charge in [-0.2, -0.15) is 0 Å². The third kappa shape index (κ3) is 5.32. The number of sulfone groups is 1. The summed E-state index contributed by atoms with van der Waals surface area (Å²) in [5, 5.41) is 2.73. The molecule has 28 heavy (non-hydrogen) atoms. The lowest BCUT2D eigenvalue weighted by Crippen LogP contribution is -2.32. The molecule has 1 heterocycles. The molecule has 0 saturated carbocycles. The quantitative estimate of drug-likeness (QED) is 0.743. The number of hydrogen-bond acceptors (Lipinski definition) is 4. The number of carbonyl (C=O) groups excluding carboxylic acids is 1. The van der Waals surface area contributed by atoms with Gasteiger partial charge in [-0.3, -0.25) is 4.79 Å². The zero-order chi connectivity index (χ0) is 20.1. The van der Waals surface area contributed by atoms with Crippen LogP contribution in [0.2, 0.25) is 0 Å². The molecule has 1 aliphatic heterocycles. The molecule has 1 amide bonds. The average molecular weight is 405 g/mol. The van der Waals surface area contributed by atoms with Gasteiger partial charge in [0.05, 0.1) is 10.6 Å². The lowest BCUT2D eigenvalue weighted by atomic mass is 9.99. The van der Waals surface area contributed by atoms with Crippen molar-refractivity contribution in [1.29, 1.82) is 0 Å². The number of amides is 1. The zero-order valence-electron chi connectivity index (χ0n) is 15.9. The van der Waals surface area contributed by atoms with Crippen molar-refractivity contribution in [1.82, 2.24) is 0 Å². The standard InChI is InChI=1S/C21H25FN2O3S/c1-16-10-13-24(14-11-16)19-6-4-18(5-7-19)23-21(25)12-15-28(26,27)20-8-2-17(22)3-9-20/h2-9,16H,10-15H2,1H3,(H,23,25). The summed E-state index contributed by atoms with van der Waals surface area (Å²) in [7, 11) is -3.62. The number of halogens is 1. The van der Waals surface area contributed by atoms with E-state index >= 15 is 0 Å². The Morgan fingerprint density at radius 2 is 1.68 bits per heavy atom. The Balaban J connectivity index is 1.52. The molecule has 0 atom stereocenters. The van der Waals surface area contributed by atoms with E-state index in [-0.39, 0.29) is 23.0 Å². The second-order valence-electron chi connectivity index (χ2n) is 7.29. The number of rotatable bonds is 6. The highest BCUT2D eigenvalue weighted by Crippen LogP contribution is 2.24. The lowest BCUT2D eigenvalue weighted by Gasteiger charge is -2.32. The minimum atomic E-state index is -3.62. The fourth-order valence-corrected chi connectivity index (χ4v) is 4.47. The van der Waals surface area contributed by atoms with Crippen molar-refractivity contribution in [3.8, 4) is 0 Å². The monoisotopic (exact) mass is 404 g/mol. The Morgan fingerprint density at radius 1 is 1.07 bits per heavy atom. The van der Waals surface area contributed by atoms with Gasteiger partial charge >= 0.3 is 0 Å². The van der Waals surface area contributed by atoms with Crippen molar-refractivity contribution < 1.29 is 17.6 Å². The summed E-state index contributed by atoms with van der Waals surface area (Å²) in [6.07, 6.45) is 2.20. The molecule has 0 radical (unpaired) electrons. The van der Waals surface area contributed by atoms with Gasteiger partial charge in [-0.05, 0) is 67.3 Å². The predicted octanol–water partition coefficient (Wildman–Crippen LogP) is 3.86. The molecule has 5 nitrogen and oxygen atoms in total. The van der Waals surface area contributed by atoms with Crippen LogP contribution in [0.15, 0.2) is 53.4 Å². The van der Waals surface area contributed by atoms with Crippen LogP contribution in [0.4, 0.5) is 15.8 Å². The van der Waals surface area contributed by atoms with Crippen LogP contribution >= 0.6 is 0 Å². The van der Waals surface area contributed by atoms with Crippen LogP contribution in [-0.2, 0) is 14.6 Å². The van der Waals surface area contributed by atoms with Gasteiger partial charge < -0.3 is 10.2 Å². The molecule has 2 aromatic rings. The minimum Gasteiger partial charge on any atom is -0.372 e. The fourth-order valence-electron chi connectivity index (χ4n) is 3.23. The lowest BCUT2D eigenvalue weighted by molar-refractivity contribution is -0.115. The van der Waals surface area contributed by atoms with Crippen LogP contribution in [0.5, 0.6) is 0 Å². The first-order valence-electron chi connectivity index (χ1n) is 9.47. The smallest absolute Gasteiger partial charge is 0.225 e. The van der Waals surface area contributed by atoms with Gasteiger partial charge in [0.2, 0.25) is 5.91 Å². The first kappa shape index (κ1) is 20.3. The van der Waals surface area contributed by atoms with Gasteiger partial charge in [-0.15, -0.1) is 0 Å². The van der Waals surface area contributed by atoms with E-state index in [1.54, 1.807) is 0 Å². The minimum absolute atomic E-state index is 0.0157. The van der Waals surface area contributed by atoms with Crippen molar-refractivity contribution >= 4 is 27.1 Å². The number of nitrogens with one attached hydrogen (secondary N) is 1. The maximum absolute atomic E-state index is 12.9. The number of hydrogen-bond donors (Lipinski definition) is 1. The Kier molecular flexibility index (Phi) is 6.34. The molecule has 1 fully saturated rings. The van der Waals surface area contributed by atoms with E-state index in [1.807, 2.05) is 24.3 Å². The first-order chi connectivity index (χ1) is 13.3. The summed E-state index contributed by atoms with van der Waals surface area (Å²) in [5.41, 5.74) is 1.77. The van der Waals surface area contributed by atoms with Crippen LogP contribution in [0.25, 0.3) is 0 Å². The molecule has 3 rings (SSSR count). The summed E-state index contributed by atoms with van der Waals surface area (Å²) >= 11 is 0. The Bertz CT molecular complexity index is 904. The van der Waals surface area contributed by atoms with Crippen LogP contribution in [-0.4, -0.2) is 33.2 Å². The van der Waals surface area contributed by atoms with E-state index in [9.17, 15) is 17.6 Å². The summed E-state index contributed by atoms with van der Waals surface area (Å²) in [6.45, 7) is 4.34. The predicted molar refractivity (Wildman–Crippen MR) is 109 cm³/mol. The van der Waals surface area contributed by atoms with E-state index in [0.717, 1.165) is 36.8 Å². The molecule has 1 N–H and O–H groups in total. The molecule has 150 valence electrons. The second-order valence-corrected chi connectivity index (χ2v) is 9.40. The van der Waals surface area contributed by atoms with E-state index < -0.39 is 15.7 Å². The van der Waals surface area contributed by atoms with Crippen molar-refractivity contribution in [3.05, 3.63) is 54.3 Å². The molecule has 7 heteroatoms. The highest BCUT2D eigenvalue weighted by atomic mass is 32.2. The van der Waals surface area contributed by atoms with Gasteiger partial charge in [-0.1, -0.05) is 6.92 Å². The maximum Gasteiger partial charge on any atom is 0.225 e. The van der Waals surface area contributed by atoms with E-state index in [2.05, 4.69) is 17.1 Å². The molecule has 1 aliphatic rings. The average Bonchev–Trinajstić information content (AvgIpc) is 2.68. The molecule has 2 aromatic carbocycles. The number of piperidine rings is 1. The third-order valence-corrected chi connectivity index (χ3v) is 6.80. The summed E-state index contributed by atoms with van der Waals surface area (Å²) in [5.74, 6) is -0.431. The largest absolute Gasteiger partial charge is 0.372 e. The Hall–Kier alpha value is -2.41. The first-order valence-corrected chi connectivity index (χ1v) is 11.1. The molecule has 0 aliphatic carbocycles. The number of anilines is 2. The molecular formula is C21H25FN2O3S. The summed E-state index contributed by atoms with van der Waals surface area (Å²) in [4.78, 5) is 14.5. The summed E-state index contributed by atoms with van der Waals surface area (Å²) < 4.78 is 37.4. The van der Waals surface area contributed by atoms with Gasteiger partial charge in [0.1, 0.15) is 5.82 Å². The van der Waals surface area contributed by atoms with Crippen LogP contribution < -0.4 is 10.2 Å². The number of carbonyl (C=O) groups is 1. The van der Waals surface area contributed by atoms with E-state index in [4.69, 9.17) is 0 Å². The van der Waals surface area contributed by atoms with Crippen molar-refractivity contribution in [3.63, 3.8) is 0 Å². The van der Waals surface area contributed by atoms with Crippen molar-refractivity contribution in [2.24, 2.45) is 5.92 Å². The van der Waals surface area contributed by atoms with E-state index in [1.165, 1.54) is 25.0 Å². The van der Waals surface area contributed by atoms with Crippen LogP contribution in [0.1, 0.15) is 26.2 Å². The highest BCUT2D eigenvalue weighted by Gasteiger charge is 2.18. The van der Waals surface area contributed by atoms with Gasteiger partial charge in [0.25, 0.3) is 0 Å². The van der Waals surface area contributed by atoms with E-state index in [0.29, 0.717) is 5.69 Å². The Morgan fingerprint density at radius 3 is 2.29 bits per heavy atom. The second kappa shape index (κ2) is 8.73. The zero-order valence-corrected chi connectivity index (χ0v) is 16.7. The van der Waals surface area contributed by atoms with Crippen molar-refractivity contribution in [2.75, 3.05) is 29.1 Å². The summed E-state index contributed by atoms with van der Waals surface area (Å²) in [6, 6.07) is 12.2. The van der Waals surface area contributed by atoms with Gasteiger partial charge in [-0.25, -0.2) is 12.8 Å². The van der Waals surface area contributed by atoms with Crippen LogP contribution in [0.3, 0.4) is 0 Å². The SMILES string of the molecule is CC1CCN(c2ccc(NC(=O)CCS(=O)(=O)c3ccc(F)cc3)cc2)CC1. The number of benzene rings is 2. The molecule has 0 unspecified atom stereocenters.